The lowest BCUT2D eigenvalue weighted by Crippen LogP contribution is -2.35. The molecule has 0 fully saturated rings. The standard InChI is InChI=1S/C24H22BN4O2S/c1-15(26)29-22-11-8-18(31-2)13-21(22)24(28-14-23(29)27)16-6-9-19(10-7-16)32-20-5-3-4-17(12-20)25-30/h3-13,26-27,30H,14H2,1-2H3. The fourth-order valence-corrected chi connectivity index (χ4v) is 4.47. The summed E-state index contributed by atoms with van der Waals surface area (Å²) in [5, 5.41) is 25.8. The Hall–Kier alpha value is -3.36. The lowest BCUT2D eigenvalue weighted by molar-refractivity contribution is 0.415. The van der Waals surface area contributed by atoms with E-state index in [1.165, 1.54) is 0 Å². The van der Waals surface area contributed by atoms with Crippen molar-refractivity contribution in [2.75, 3.05) is 18.6 Å². The molecule has 0 aliphatic carbocycles. The van der Waals surface area contributed by atoms with E-state index in [1.807, 2.05) is 66.7 Å². The molecule has 3 aromatic rings. The van der Waals surface area contributed by atoms with Gasteiger partial charge in [-0.1, -0.05) is 47.6 Å². The van der Waals surface area contributed by atoms with Crippen LogP contribution in [0.15, 0.2) is 81.5 Å². The van der Waals surface area contributed by atoms with Gasteiger partial charge in [-0.15, -0.1) is 0 Å². The first kappa shape index (κ1) is 21.9. The smallest absolute Gasteiger partial charge is 0.326 e. The molecule has 0 unspecified atom stereocenters. The third kappa shape index (κ3) is 4.47. The van der Waals surface area contributed by atoms with Crippen LogP contribution >= 0.6 is 11.8 Å². The van der Waals surface area contributed by atoms with Gasteiger partial charge in [-0.2, -0.15) is 0 Å². The van der Waals surface area contributed by atoms with E-state index in [2.05, 4.69) is 0 Å². The highest BCUT2D eigenvalue weighted by molar-refractivity contribution is 7.99. The largest absolute Gasteiger partial charge is 0.497 e. The number of hydrogen-bond acceptors (Lipinski definition) is 6. The number of amidine groups is 2. The van der Waals surface area contributed by atoms with Gasteiger partial charge in [0.1, 0.15) is 17.4 Å². The second-order valence-corrected chi connectivity index (χ2v) is 8.39. The SMILES string of the molecule is COc1ccc2c(c1)C(c1ccc(Sc3cccc([B]O)c3)cc1)=NCC(=N)N2C(C)=N. The second kappa shape index (κ2) is 9.42. The number of nitrogens with one attached hydrogen (secondary N) is 2. The summed E-state index contributed by atoms with van der Waals surface area (Å²) in [5.74, 6) is 1.22. The molecule has 1 radical (unpaired) electrons. The average molecular weight is 441 g/mol. The predicted molar refractivity (Wildman–Crippen MR) is 132 cm³/mol. The highest BCUT2D eigenvalue weighted by Gasteiger charge is 2.25. The number of methoxy groups -OCH3 is 1. The first-order valence-electron chi connectivity index (χ1n) is 10.0. The summed E-state index contributed by atoms with van der Waals surface area (Å²) in [5.41, 5.74) is 4.03. The molecule has 32 heavy (non-hydrogen) atoms. The molecule has 0 spiro atoms. The number of anilines is 1. The normalized spacial score (nSPS) is 13.2. The maximum Gasteiger partial charge on any atom is 0.326 e. The summed E-state index contributed by atoms with van der Waals surface area (Å²) in [4.78, 5) is 8.43. The van der Waals surface area contributed by atoms with Crippen LogP contribution in [0.25, 0.3) is 0 Å². The lowest BCUT2D eigenvalue weighted by atomic mass is 9.89. The molecule has 0 bridgehead atoms. The summed E-state index contributed by atoms with van der Waals surface area (Å²) in [6, 6.07) is 21.4. The van der Waals surface area contributed by atoms with E-state index >= 15 is 0 Å². The topological polar surface area (TPSA) is 92.8 Å². The van der Waals surface area contributed by atoms with Crippen molar-refractivity contribution in [2.24, 2.45) is 4.99 Å². The Morgan fingerprint density at radius 2 is 1.88 bits per heavy atom. The molecule has 159 valence electrons. The zero-order valence-corrected chi connectivity index (χ0v) is 18.6. The molecule has 1 heterocycles. The van der Waals surface area contributed by atoms with Crippen molar-refractivity contribution in [1.82, 2.24) is 0 Å². The van der Waals surface area contributed by atoms with Crippen LogP contribution < -0.4 is 15.1 Å². The minimum atomic E-state index is 0.184. The van der Waals surface area contributed by atoms with Gasteiger partial charge in [0.25, 0.3) is 0 Å². The Bertz CT molecular complexity index is 1210. The maximum absolute atomic E-state index is 9.23. The molecule has 3 N–H and O–H groups in total. The highest BCUT2D eigenvalue weighted by Crippen LogP contribution is 2.32. The predicted octanol–water partition coefficient (Wildman–Crippen LogP) is 3.72. The number of benzodiazepines with no additional fused rings is 1. The van der Waals surface area contributed by atoms with Crippen LogP contribution in [0.5, 0.6) is 5.75 Å². The van der Waals surface area contributed by atoms with Crippen LogP contribution in [0.3, 0.4) is 0 Å². The Kier molecular flexibility index (Phi) is 6.44. The Morgan fingerprint density at radius 1 is 1.09 bits per heavy atom. The Labute approximate surface area is 192 Å². The van der Waals surface area contributed by atoms with E-state index in [0.717, 1.165) is 45.3 Å². The summed E-state index contributed by atoms with van der Waals surface area (Å²) >= 11 is 1.61. The summed E-state index contributed by atoms with van der Waals surface area (Å²) in [6.07, 6.45) is 0. The van der Waals surface area contributed by atoms with Gasteiger partial charge in [-0.3, -0.25) is 20.7 Å². The third-order valence-electron chi connectivity index (χ3n) is 5.06. The Morgan fingerprint density at radius 3 is 2.56 bits per heavy atom. The van der Waals surface area contributed by atoms with Crippen molar-refractivity contribution >= 4 is 47.8 Å². The number of hydrogen-bond donors (Lipinski definition) is 3. The number of rotatable bonds is 5. The van der Waals surface area contributed by atoms with Gasteiger partial charge in [0, 0.05) is 20.9 Å². The van der Waals surface area contributed by atoms with Crippen molar-refractivity contribution in [3.8, 4) is 5.75 Å². The van der Waals surface area contributed by atoms with Crippen molar-refractivity contribution in [2.45, 2.75) is 16.7 Å². The van der Waals surface area contributed by atoms with Crippen LogP contribution in [-0.2, 0) is 0 Å². The quantitative estimate of drug-likeness (QED) is 0.320. The molecular formula is C24H22BN4O2S. The van der Waals surface area contributed by atoms with Gasteiger partial charge in [-0.05, 0) is 43.3 Å². The van der Waals surface area contributed by atoms with E-state index in [0.29, 0.717) is 5.75 Å². The molecule has 1 aliphatic heterocycles. The number of benzene rings is 3. The number of fused-ring (bicyclic) bond motifs is 1. The molecule has 0 amide bonds. The summed E-state index contributed by atoms with van der Waals surface area (Å²) in [6.45, 7) is 1.85. The molecule has 0 saturated heterocycles. The molecule has 0 atom stereocenters. The van der Waals surface area contributed by atoms with Crippen LogP contribution in [0.2, 0.25) is 0 Å². The number of aliphatic imine (C=N–C) groups is 1. The first-order chi connectivity index (χ1) is 15.5. The van der Waals surface area contributed by atoms with Crippen LogP contribution in [0.4, 0.5) is 5.69 Å². The van der Waals surface area contributed by atoms with Gasteiger partial charge in [0.2, 0.25) is 0 Å². The maximum atomic E-state index is 9.23. The molecule has 3 aromatic carbocycles. The van der Waals surface area contributed by atoms with Gasteiger partial charge >= 0.3 is 7.48 Å². The molecule has 4 rings (SSSR count). The Balaban J connectivity index is 1.70. The summed E-state index contributed by atoms with van der Waals surface area (Å²) < 4.78 is 5.43. The minimum Gasteiger partial charge on any atom is -0.497 e. The van der Waals surface area contributed by atoms with E-state index in [1.54, 1.807) is 30.7 Å². The van der Waals surface area contributed by atoms with Gasteiger partial charge in [0.15, 0.2) is 0 Å². The van der Waals surface area contributed by atoms with Crippen LogP contribution in [0.1, 0.15) is 18.1 Å². The zero-order valence-electron chi connectivity index (χ0n) is 17.8. The van der Waals surface area contributed by atoms with Gasteiger partial charge < -0.3 is 9.76 Å². The third-order valence-corrected chi connectivity index (χ3v) is 6.06. The monoisotopic (exact) mass is 441 g/mol. The second-order valence-electron chi connectivity index (χ2n) is 7.24. The molecule has 0 aromatic heterocycles. The average Bonchev–Trinajstić information content (AvgIpc) is 2.95. The van der Waals surface area contributed by atoms with Crippen molar-refractivity contribution in [3.63, 3.8) is 0 Å². The van der Waals surface area contributed by atoms with E-state index in [-0.39, 0.29) is 18.2 Å². The van der Waals surface area contributed by atoms with Crippen molar-refractivity contribution in [1.29, 1.82) is 10.8 Å². The lowest BCUT2D eigenvalue weighted by Gasteiger charge is -2.24. The first-order valence-corrected chi connectivity index (χ1v) is 10.8. The van der Waals surface area contributed by atoms with E-state index < -0.39 is 0 Å². The highest BCUT2D eigenvalue weighted by atomic mass is 32.2. The molecule has 8 heteroatoms. The minimum absolute atomic E-state index is 0.184. The van der Waals surface area contributed by atoms with Crippen molar-refractivity contribution < 1.29 is 9.76 Å². The summed E-state index contributed by atoms with van der Waals surface area (Å²) in [7, 11) is 2.71. The van der Waals surface area contributed by atoms with Crippen LogP contribution in [-0.4, -0.2) is 43.5 Å². The molecule has 1 aliphatic rings. The molecule has 0 saturated carbocycles. The zero-order chi connectivity index (χ0) is 22.7. The number of nitrogens with zero attached hydrogens (tertiary/aromatic N) is 2. The molecular weight excluding hydrogens is 419 g/mol. The fraction of sp³-hybridized carbons (Fsp3) is 0.125. The fourth-order valence-electron chi connectivity index (χ4n) is 3.59. The number of ether oxygens (including phenoxy) is 1. The van der Waals surface area contributed by atoms with Gasteiger partial charge in [0.05, 0.1) is 25.1 Å². The molecule has 6 nitrogen and oxygen atoms in total. The van der Waals surface area contributed by atoms with Gasteiger partial charge in [-0.25, -0.2) is 0 Å². The van der Waals surface area contributed by atoms with E-state index in [9.17, 15) is 5.02 Å². The van der Waals surface area contributed by atoms with E-state index in [4.69, 9.17) is 20.5 Å². The van der Waals surface area contributed by atoms with Crippen LogP contribution in [0, 0.1) is 10.8 Å². The van der Waals surface area contributed by atoms with Crippen molar-refractivity contribution in [3.05, 3.63) is 77.9 Å².